The molecule has 3 aromatic rings. The van der Waals surface area contributed by atoms with Crippen molar-refractivity contribution in [1.82, 2.24) is 15.2 Å². The molecule has 182 valence electrons. The number of sulfone groups is 1. The number of fused-ring (bicyclic) bond motifs is 1. The van der Waals surface area contributed by atoms with Gasteiger partial charge < -0.3 is 15.0 Å². The number of nitrogens with one attached hydrogen (secondary N) is 1. The molecular weight excluding hydrogens is 472 g/mol. The molecule has 0 radical (unpaired) electrons. The number of piperazine rings is 1. The average Bonchev–Trinajstić information content (AvgIpc) is 3.30. The second-order valence-corrected chi connectivity index (χ2v) is 11.3. The number of thiazole rings is 1. The first kappa shape index (κ1) is 24.4. The Balaban J connectivity index is 1.30. The number of carbonyl (C=O) groups excluding carboxylic acids is 1. The van der Waals surface area contributed by atoms with E-state index in [1.165, 1.54) is 6.07 Å². The molecule has 1 fully saturated rings. The Hall–Kier alpha value is -2.69. The second kappa shape index (κ2) is 10.7. The van der Waals surface area contributed by atoms with Gasteiger partial charge in [0.05, 0.1) is 27.5 Å². The Morgan fingerprint density at radius 2 is 1.85 bits per heavy atom. The summed E-state index contributed by atoms with van der Waals surface area (Å²) in [5.41, 5.74) is 1.12. The third-order valence-corrected chi connectivity index (χ3v) is 8.74. The van der Waals surface area contributed by atoms with E-state index in [1.54, 1.807) is 36.5 Å². The van der Waals surface area contributed by atoms with E-state index in [1.807, 2.05) is 19.1 Å². The van der Waals surface area contributed by atoms with Crippen LogP contribution in [0.3, 0.4) is 0 Å². The fourth-order valence-electron chi connectivity index (χ4n) is 3.99. The van der Waals surface area contributed by atoms with Crippen molar-refractivity contribution >= 4 is 42.4 Å². The van der Waals surface area contributed by atoms with Crippen LogP contribution < -0.4 is 15.0 Å². The SMILES string of the molecule is CCOc1cccc2sc(N3CCN(CCNC(=O)c4ccccc4S(=O)(=O)CC)CC3)nc12. The van der Waals surface area contributed by atoms with Crippen LogP contribution in [0.1, 0.15) is 24.2 Å². The van der Waals surface area contributed by atoms with Crippen LogP contribution in [0.25, 0.3) is 10.2 Å². The smallest absolute Gasteiger partial charge is 0.252 e. The zero-order chi connectivity index (χ0) is 24.1. The summed E-state index contributed by atoms with van der Waals surface area (Å²) in [5, 5.41) is 3.88. The lowest BCUT2D eigenvalue weighted by atomic mass is 10.2. The van der Waals surface area contributed by atoms with E-state index >= 15 is 0 Å². The van der Waals surface area contributed by atoms with Crippen LogP contribution >= 0.6 is 11.3 Å². The predicted octanol–water partition coefficient (Wildman–Crippen LogP) is 3.04. The number of amides is 1. The lowest BCUT2D eigenvalue weighted by molar-refractivity contribution is 0.0944. The van der Waals surface area contributed by atoms with Crippen molar-refractivity contribution < 1.29 is 17.9 Å². The summed E-state index contributed by atoms with van der Waals surface area (Å²) < 4.78 is 31.4. The van der Waals surface area contributed by atoms with Crippen molar-refractivity contribution in [1.29, 1.82) is 0 Å². The van der Waals surface area contributed by atoms with Gasteiger partial charge in [0, 0.05) is 39.3 Å². The van der Waals surface area contributed by atoms with E-state index < -0.39 is 9.84 Å². The molecular formula is C24H30N4O4S2. The number of hydrogen-bond donors (Lipinski definition) is 1. The van der Waals surface area contributed by atoms with E-state index in [2.05, 4.69) is 21.2 Å². The number of para-hydroxylation sites is 1. The van der Waals surface area contributed by atoms with Crippen LogP contribution in [0, 0.1) is 0 Å². The van der Waals surface area contributed by atoms with Crippen molar-refractivity contribution in [2.24, 2.45) is 0 Å². The maximum Gasteiger partial charge on any atom is 0.252 e. The molecule has 2 aromatic carbocycles. The van der Waals surface area contributed by atoms with Gasteiger partial charge in [-0.15, -0.1) is 0 Å². The largest absolute Gasteiger partial charge is 0.492 e. The van der Waals surface area contributed by atoms with Gasteiger partial charge in [-0.2, -0.15) is 0 Å². The van der Waals surface area contributed by atoms with E-state index in [0.717, 1.165) is 47.3 Å². The number of carbonyl (C=O) groups is 1. The molecule has 0 spiro atoms. The minimum absolute atomic E-state index is 0.0385. The van der Waals surface area contributed by atoms with Crippen LogP contribution in [0.15, 0.2) is 47.4 Å². The van der Waals surface area contributed by atoms with E-state index in [-0.39, 0.29) is 22.1 Å². The first-order valence-electron chi connectivity index (χ1n) is 11.5. The summed E-state index contributed by atoms with van der Waals surface area (Å²) >= 11 is 1.68. The van der Waals surface area contributed by atoms with Crippen LogP contribution in [0.5, 0.6) is 5.75 Å². The highest BCUT2D eigenvalue weighted by molar-refractivity contribution is 7.91. The zero-order valence-electron chi connectivity index (χ0n) is 19.5. The van der Waals surface area contributed by atoms with Gasteiger partial charge in [-0.1, -0.05) is 36.5 Å². The molecule has 4 rings (SSSR count). The van der Waals surface area contributed by atoms with Gasteiger partial charge in [-0.3, -0.25) is 9.69 Å². The van der Waals surface area contributed by atoms with Crippen LogP contribution in [-0.4, -0.2) is 75.8 Å². The number of anilines is 1. The molecule has 0 unspecified atom stereocenters. The van der Waals surface area contributed by atoms with Gasteiger partial charge in [0.15, 0.2) is 15.0 Å². The maximum atomic E-state index is 12.6. The number of rotatable bonds is 9. The monoisotopic (exact) mass is 502 g/mol. The van der Waals surface area contributed by atoms with E-state index in [9.17, 15) is 13.2 Å². The second-order valence-electron chi connectivity index (χ2n) is 8.02. The third kappa shape index (κ3) is 5.34. The molecule has 34 heavy (non-hydrogen) atoms. The van der Waals surface area contributed by atoms with Crippen LogP contribution in [-0.2, 0) is 9.84 Å². The highest BCUT2D eigenvalue weighted by atomic mass is 32.2. The summed E-state index contributed by atoms with van der Waals surface area (Å²) in [4.78, 5) is 22.2. The molecule has 1 aliphatic rings. The summed E-state index contributed by atoms with van der Waals surface area (Å²) in [6.07, 6.45) is 0. The van der Waals surface area contributed by atoms with Crippen molar-refractivity contribution in [3.63, 3.8) is 0 Å². The molecule has 0 atom stereocenters. The molecule has 1 aromatic heterocycles. The molecule has 1 N–H and O–H groups in total. The molecule has 1 amide bonds. The molecule has 10 heteroatoms. The topological polar surface area (TPSA) is 91.8 Å². The lowest BCUT2D eigenvalue weighted by Crippen LogP contribution is -2.48. The van der Waals surface area contributed by atoms with Gasteiger partial charge >= 0.3 is 0 Å². The number of benzene rings is 2. The Kier molecular flexibility index (Phi) is 7.70. The summed E-state index contributed by atoms with van der Waals surface area (Å²) in [6.45, 7) is 8.77. The summed E-state index contributed by atoms with van der Waals surface area (Å²) in [7, 11) is -3.46. The standard InChI is InChI=1S/C24H30N4O4S2/c1-3-32-19-9-7-10-20-22(19)26-24(33-20)28-16-14-27(15-17-28)13-12-25-23(29)18-8-5-6-11-21(18)34(30,31)4-2/h5-11H,3-4,12-17H2,1-2H3,(H,25,29). The van der Waals surface area contributed by atoms with Crippen molar-refractivity contribution in [3.05, 3.63) is 48.0 Å². The van der Waals surface area contributed by atoms with Crippen LogP contribution in [0.2, 0.25) is 0 Å². The molecule has 0 bridgehead atoms. The predicted molar refractivity (Wildman–Crippen MR) is 136 cm³/mol. The maximum absolute atomic E-state index is 12.6. The Bertz CT molecular complexity index is 1250. The minimum atomic E-state index is -3.46. The van der Waals surface area contributed by atoms with Gasteiger partial charge in [-0.25, -0.2) is 13.4 Å². The van der Waals surface area contributed by atoms with E-state index in [4.69, 9.17) is 9.72 Å². The molecule has 0 saturated carbocycles. The minimum Gasteiger partial charge on any atom is -0.492 e. The van der Waals surface area contributed by atoms with Crippen molar-refractivity contribution in [2.75, 3.05) is 56.5 Å². The molecule has 1 saturated heterocycles. The van der Waals surface area contributed by atoms with Crippen molar-refractivity contribution in [2.45, 2.75) is 18.7 Å². The van der Waals surface area contributed by atoms with Gasteiger partial charge in [0.2, 0.25) is 0 Å². The molecule has 2 heterocycles. The van der Waals surface area contributed by atoms with Gasteiger partial charge in [0.1, 0.15) is 11.3 Å². The quantitative estimate of drug-likeness (QED) is 0.481. The highest BCUT2D eigenvalue weighted by Gasteiger charge is 2.22. The number of ether oxygens (including phenoxy) is 1. The van der Waals surface area contributed by atoms with Gasteiger partial charge in [-0.05, 0) is 31.2 Å². The normalized spacial score (nSPS) is 14.9. The number of hydrogen-bond acceptors (Lipinski definition) is 8. The van der Waals surface area contributed by atoms with Gasteiger partial charge in [0.25, 0.3) is 5.91 Å². The summed E-state index contributed by atoms with van der Waals surface area (Å²) in [5.74, 6) is 0.430. The average molecular weight is 503 g/mol. The Labute approximate surface area is 204 Å². The number of nitrogens with zero attached hydrogens (tertiary/aromatic N) is 3. The highest BCUT2D eigenvalue weighted by Crippen LogP contribution is 2.34. The fourth-order valence-corrected chi connectivity index (χ4v) is 6.11. The third-order valence-electron chi connectivity index (χ3n) is 5.87. The Morgan fingerprint density at radius 1 is 1.09 bits per heavy atom. The van der Waals surface area contributed by atoms with E-state index in [0.29, 0.717) is 19.7 Å². The fraction of sp³-hybridized carbons (Fsp3) is 0.417. The Morgan fingerprint density at radius 3 is 2.59 bits per heavy atom. The number of aromatic nitrogens is 1. The lowest BCUT2D eigenvalue weighted by Gasteiger charge is -2.34. The summed E-state index contributed by atoms with van der Waals surface area (Å²) in [6, 6.07) is 12.4. The first-order valence-corrected chi connectivity index (χ1v) is 14.0. The molecule has 1 aliphatic heterocycles. The molecule has 8 nitrogen and oxygen atoms in total. The van der Waals surface area contributed by atoms with Crippen LogP contribution in [0.4, 0.5) is 5.13 Å². The first-order chi connectivity index (χ1) is 16.4. The molecule has 0 aliphatic carbocycles. The van der Waals surface area contributed by atoms with Crippen molar-refractivity contribution in [3.8, 4) is 5.75 Å². The zero-order valence-corrected chi connectivity index (χ0v) is 21.1.